The average Bonchev–Trinajstić information content (AvgIpc) is 3.13. The monoisotopic (exact) mass is 241 g/mol. The Kier molecular flexibility index (Phi) is 2.62. The standard InChI is InChI=1S/C15H19N3/c1-10-9-16-15(18(2)3)12-5-4-6-13(14(10)12)17-11-7-8-11/h4-6,9,11,17H,7-8H2,1-3H3. The molecular formula is C15H19N3. The highest BCUT2D eigenvalue weighted by Crippen LogP contribution is 2.34. The summed E-state index contributed by atoms with van der Waals surface area (Å²) in [6.07, 6.45) is 4.55. The van der Waals surface area contributed by atoms with E-state index in [1.54, 1.807) is 0 Å². The molecule has 0 bridgehead atoms. The van der Waals surface area contributed by atoms with Gasteiger partial charge in [-0.15, -0.1) is 0 Å². The lowest BCUT2D eigenvalue weighted by atomic mass is 10.1. The highest BCUT2D eigenvalue weighted by Gasteiger charge is 2.22. The molecule has 1 aliphatic carbocycles. The summed E-state index contributed by atoms with van der Waals surface area (Å²) in [5.41, 5.74) is 2.48. The molecule has 3 heteroatoms. The number of nitrogens with one attached hydrogen (secondary N) is 1. The van der Waals surface area contributed by atoms with Crippen LogP contribution in [0.3, 0.4) is 0 Å². The molecular weight excluding hydrogens is 222 g/mol. The largest absolute Gasteiger partial charge is 0.382 e. The number of rotatable bonds is 3. The van der Waals surface area contributed by atoms with Crippen molar-refractivity contribution in [3.8, 4) is 0 Å². The van der Waals surface area contributed by atoms with Gasteiger partial charge in [0.1, 0.15) is 5.82 Å². The SMILES string of the molecule is Cc1cnc(N(C)C)c2cccc(NC3CC3)c12. The topological polar surface area (TPSA) is 28.2 Å². The summed E-state index contributed by atoms with van der Waals surface area (Å²) in [6.45, 7) is 2.13. The molecule has 0 radical (unpaired) electrons. The fourth-order valence-electron chi connectivity index (χ4n) is 2.38. The van der Waals surface area contributed by atoms with Gasteiger partial charge in [0, 0.05) is 42.8 Å². The van der Waals surface area contributed by atoms with Crippen LogP contribution >= 0.6 is 0 Å². The normalized spacial score (nSPS) is 14.8. The molecule has 3 rings (SSSR count). The molecule has 1 fully saturated rings. The van der Waals surface area contributed by atoms with Gasteiger partial charge in [-0.3, -0.25) is 0 Å². The fraction of sp³-hybridized carbons (Fsp3) is 0.400. The van der Waals surface area contributed by atoms with Crippen molar-refractivity contribution >= 4 is 22.3 Å². The van der Waals surface area contributed by atoms with E-state index in [-0.39, 0.29) is 0 Å². The molecule has 0 atom stereocenters. The molecule has 1 aromatic heterocycles. The Balaban J connectivity index is 2.21. The number of fused-ring (bicyclic) bond motifs is 1. The van der Waals surface area contributed by atoms with Crippen molar-refractivity contribution in [2.75, 3.05) is 24.3 Å². The lowest BCUT2D eigenvalue weighted by Crippen LogP contribution is -2.12. The van der Waals surface area contributed by atoms with Crippen LogP contribution in [0.1, 0.15) is 18.4 Å². The van der Waals surface area contributed by atoms with Crippen molar-refractivity contribution in [2.45, 2.75) is 25.8 Å². The molecule has 1 aromatic carbocycles. The minimum absolute atomic E-state index is 0.672. The molecule has 1 heterocycles. The van der Waals surface area contributed by atoms with Crippen LogP contribution in [0.2, 0.25) is 0 Å². The zero-order valence-corrected chi connectivity index (χ0v) is 11.2. The molecule has 0 spiro atoms. The van der Waals surface area contributed by atoms with Gasteiger partial charge in [0.05, 0.1) is 0 Å². The minimum Gasteiger partial charge on any atom is -0.382 e. The summed E-state index contributed by atoms with van der Waals surface area (Å²) in [5.74, 6) is 1.04. The van der Waals surface area contributed by atoms with Crippen molar-refractivity contribution in [1.82, 2.24) is 4.98 Å². The van der Waals surface area contributed by atoms with Crippen LogP contribution in [-0.2, 0) is 0 Å². The smallest absolute Gasteiger partial charge is 0.135 e. The second kappa shape index (κ2) is 4.16. The molecule has 0 unspecified atom stereocenters. The molecule has 3 nitrogen and oxygen atoms in total. The van der Waals surface area contributed by atoms with Crippen LogP contribution in [0.25, 0.3) is 10.8 Å². The molecule has 0 saturated heterocycles. The maximum absolute atomic E-state index is 4.54. The second-order valence-electron chi connectivity index (χ2n) is 5.31. The quantitative estimate of drug-likeness (QED) is 0.894. The molecule has 94 valence electrons. The van der Waals surface area contributed by atoms with Gasteiger partial charge < -0.3 is 10.2 Å². The number of nitrogens with zero attached hydrogens (tertiary/aromatic N) is 2. The number of anilines is 2. The second-order valence-corrected chi connectivity index (χ2v) is 5.31. The van der Waals surface area contributed by atoms with E-state index in [1.807, 2.05) is 20.3 Å². The summed E-state index contributed by atoms with van der Waals surface area (Å²) >= 11 is 0. The van der Waals surface area contributed by atoms with Gasteiger partial charge in [-0.1, -0.05) is 12.1 Å². The first-order valence-corrected chi connectivity index (χ1v) is 6.49. The first-order valence-electron chi connectivity index (χ1n) is 6.49. The van der Waals surface area contributed by atoms with Gasteiger partial charge in [-0.2, -0.15) is 0 Å². The Hall–Kier alpha value is -1.77. The zero-order valence-electron chi connectivity index (χ0n) is 11.2. The third-order valence-electron chi connectivity index (χ3n) is 3.44. The van der Waals surface area contributed by atoms with Crippen LogP contribution < -0.4 is 10.2 Å². The van der Waals surface area contributed by atoms with E-state index in [2.05, 4.69) is 40.3 Å². The Morgan fingerprint density at radius 3 is 2.72 bits per heavy atom. The van der Waals surface area contributed by atoms with Gasteiger partial charge >= 0.3 is 0 Å². The van der Waals surface area contributed by atoms with Gasteiger partial charge in [0.15, 0.2) is 0 Å². The lowest BCUT2D eigenvalue weighted by Gasteiger charge is -2.17. The number of pyridine rings is 1. The number of hydrogen-bond acceptors (Lipinski definition) is 3. The van der Waals surface area contributed by atoms with Gasteiger partial charge in [-0.25, -0.2) is 4.98 Å². The van der Waals surface area contributed by atoms with Crippen LogP contribution in [0.4, 0.5) is 11.5 Å². The molecule has 1 aliphatic rings. The first kappa shape index (κ1) is 11.3. The first-order chi connectivity index (χ1) is 8.66. The predicted octanol–water partition coefficient (Wildman–Crippen LogP) is 3.18. The summed E-state index contributed by atoms with van der Waals surface area (Å²) in [6, 6.07) is 7.11. The minimum atomic E-state index is 0.672. The van der Waals surface area contributed by atoms with Crippen LogP contribution in [0.15, 0.2) is 24.4 Å². The average molecular weight is 241 g/mol. The van der Waals surface area contributed by atoms with Crippen molar-refractivity contribution < 1.29 is 0 Å². The molecule has 1 saturated carbocycles. The van der Waals surface area contributed by atoms with Crippen LogP contribution in [-0.4, -0.2) is 25.1 Å². The van der Waals surface area contributed by atoms with E-state index in [9.17, 15) is 0 Å². The molecule has 1 N–H and O–H groups in total. The fourth-order valence-corrected chi connectivity index (χ4v) is 2.38. The van der Waals surface area contributed by atoms with Gasteiger partial charge in [0.25, 0.3) is 0 Å². The lowest BCUT2D eigenvalue weighted by molar-refractivity contribution is 1.08. The predicted molar refractivity (Wildman–Crippen MR) is 77.5 cm³/mol. The van der Waals surface area contributed by atoms with Crippen molar-refractivity contribution in [3.05, 3.63) is 30.0 Å². The van der Waals surface area contributed by atoms with Crippen molar-refractivity contribution in [2.24, 2.45) is 0 Å². The number of benzene rings is 1. The maximum atomic E-state index is 4.54. The Bertz CT molecular complexity index is 586. The highest BCUT2D eigenvalue weighted by molar-refractivity contribution is 6.02. The highest BCUT2D eigenvalue weighted by atomic mass is 15.1. The third-order valence-corrected chi connectivity index (χ3v) is 3.44. The summed E-state index contributed by atoms with van der Waals surface area (Å²) in [4.78, 5) is 6.61. The maximum Gasteiger partial charge on any atom is 0.135 e. The molecule has 0 amide bonds. The molecule has 0 aliphatic heterocycles. The van der Waals surface area contributed by atoms with E-state index < -0.39 is 0 Å². The van der Waals surface area contributed by atoms with Gasteiger partial charge in [-0.05, 0) is 31.4 Å². The van der Waals surface area contributed by atoms with E-state index >= 15 is 0 Å². The van der Waals surface area contributed by atoms with E-state index in [1.165, 1.54) is 34.9 Å². The number of hydrogen-bond donors (Lipinski definition) is 1. The van der Waals surface area contributed by atoms with Gasteiger partial charge in [0.2, 0.25) is 0 Å². The van der Waals surface area contributed by atoms with E-state index in [0.29, 0.717) is 6.04 Å². The van der Waals surface area contributed by atoms with E-state index in [0.717, 1.165) is 5.82 Å². The zero-order chi connectivity index (χ0) is 12.7. The number of aromatic nitrogens is 1. The Morgan fingerprint density at radius 2 is 2.06 bits per heavy atom. The summed E-state index contributed by atoms with van der Waals surface area (Å²) in [5, 5.41) is 6.16. The summed E-state index contributed by atoms with van der Waals surface area (Å²) < 4.78 is 0. The van der Waals surface area contributed by atoms with Crippen LogP contribution in [0.5, 0.6) is 0 Å². The Labute approximate surface area is 108 Å². The van der Waals surface area contributed by atoms with Crippen molar-refractivity contribution in [3.63, 3.8) is 0 Å². The Morgan fingerprint density at radius 1 is 1.28 bits per heavy atom. The summed E-state index contributed by atoms with van der Waals surface area (Å²) in [7, 11) is 4.08. The number of aryl methyl sites for hydroxylation is 1. The van der Waals surface area contributed by atoms with Crippen molar-refractivity contribution in [1.29, 1.82) is 0 Å². The molecule has 2 aromatic rings. The van der Waals surface area contributed by atoms with Crippen LogP contribution in [0, 0.1) is 6.92 Å². The van der Waals surface area contributed by atoms with E-state index in [4.69, 9.17) is 0 Å². The molecule has 18 heavy (non-hydrogen) atoms. The third kappa shape index (κ3) is 1.90.